The lowest BCUT2D eigenvalue weighted by Gasteiger charge is -2.18. The lowest BCUT2D eigenvalue weighted by molar-refractivity contribution is 0.379. The molecule has 0 saturated carbocycles. The van der Waals surface area contributed by atoms with Gasteiger partial charge in [0.05, 0.1) is 17.9 Å². The van der Waals surface area contributed by atoms with Crippen molar-refractivity contribution in [2.24, 2.45) is 0 Å². The molecule has 5 nitrogen and oxygen atoms in total. The van der Waals surface area contributed by atoms with Gasteiger partial charge in [-0.1, -0.05) is 0 Å². The van der Waals surface area contributed by atoms with Crippen LogP contribution in [0.15, 0.2) is 10.6 Å². The molecule has 2 unspecified atom stereocenters. The number of oxazole rings is 1. The van der Waals surface area contributed by atoms with Gasteiger partial charge in [0.15, 0.2) is 0 Å². The fourth-order valence-electron chi connectivity index (χ4n) is 2.75. The molecule has 0 amide bonds. The lowest BCUT2D eigenvalue weighted by Crippen LogP contribution is -2.23. The van der Waals surface area contributed by atoms with Crippen LogP contribution < -0.4 is 5.32 Å². The van der Waals surface area contributed by atoms with Crippen LogP contribution in [0.1, 0.15) is 61.5 Å². The van der Waals surface area contributed by atoms with Crippen molar-refractivity contribution in [2.45, 2.75) is 60.2 Å². The second kappa shape index (κ2) is 5.79. The van der Waals surface area contributed by atoms with Gasteiger partial charge in [0, 0.05) is 23.8 Å². The molecular formula is C15H24N4O. The minimum absolute atomic E-state index is 0.0717. The average molecular weight is 276 g/mol. The highest BCUT2D eigenvalue weighted by molar-refractivity contribution is 5.28. The Balaban J connectivity index is 2.16. The Labute approximate surface area is 120 Å². The van der Waals surface area contributed by atoms with Crippen LogP contribution >= 0.6 is 0 Å². The van der Waals surface area contributed by atoms with Crippen LogP contribution in [0.25, 0.3) is 0 Å². The van der Waals surface area contributed by atoms with E-state index < -0.39 is 0 Å². The lowest BCUT2D eigenvalue weighted by atomic mass is 10.1. The molecule has 2 heterocycles. The maximum atomic E-state index is 5.57. The van der Waals surface area contributed by atoms with Crippen molar-refractivity contribution in [3.63, 3.8) is 0 Å². The highest BCUT2D eigenvalue weighted by Crippen LogP contribution is 2.24. The highest BCUT2D eigenvalue weighted by atomic mass is 16.4. The van der Waals surface area contributed by atoms with Crippen molar-refractivity contribution in [3.8, 4) is 0 Å². The fraction of sp³-hybridized carbons (Fsp3) is 0.600. The minimum Gasteiger partial charge on any atom is -0.444 e. The predicted octanol–water partition coefficient (Wildman–Crippen LogP) is 3.23. The first kappa shape index (κ1) is 14.8. The minimum atomic E-state index is 0.0717. The number of nitrogens with zero attached hydrogens (tertiary/aromatic N) is 3. The monoisotopic (exact) mass is 276 g/mol. The summed E-state index contributed by atoms with van der Waals surface area (Å²) in [4.78, 5) is 4.28. The fourth-order valence-corrected chi connectivity index (χ4v) is 2.75. The van der Waals surface area contributed by atoms with Crippen LogP contribution in [-0.4, -0.2) is 14.8 Å². The average Bonchev–Trinajstić information content (AvgIpc) is 2.93. The van der Waals surface area contributed by atoms with Gasteiger partial charge in [0.25, 0.3) is 0 Å². The molecule has 0 aliphatic carbocycles. The number of hydrogen-bond donors (Lipinski definition) is 1. The van der Waals surface area contributed by atoms with E-state index in [0.717, 1.165) is 23.9 Å². The molecule has 2 aromatic rings. The van der Waals surface area contributed by atoms with Gasteiger partial charge in [-0.3, -0.25) is 10.00 Å². The molecule has 0 aliphatic rings. The number of aryl methyl sites for hydroxylation is 3. The van der Waals surface area contributed by atoms with Crippen molar-refractivity contribution in [2.75, 3.05) is 0 Å². The Morgan fingerprint density at radius 3 is 2.45 bits per heavy atom. The summed E-state index contributed by atoms with van der Waals surface area (Å²) < 4.78 is 7.62. The van der Waals surface area contributed by atoms with Crippen LogP contribution in [0, 0.1) is 20.8 Å². The number of rotatable bonds is 5. The molecule has 5 heteroatoms. The Bertz CT molecular complexity index is 585. The zero-order valence-electron chi connectivity index (χ0n) is 13.2. The summed E-state index contributed by atoms with van der Waals surface area (Å²) in [6.45, 7) is 13.3. The van der Waals surface area contributed by atoms with Gasteiger partial charge in [0.1, 0.15) is 5.76 Å². The molecule has 20 heavy (non-hydrogen) atoms. The molecule has 0 aliphatic heterocycles. The van der Waals surface area contributed by atoms with E-state index in [1.165, 1.54) is 11.3 Å². The quantitative estimate of drug-likeness (QED) is 0.911. The molecule has 2 rings (SSSR count). The first-order valence-electron chi connectivity index (χ1n) is 7.16. The smallest absolute Gasteiger partial charge is 0.211 e. The predicted molar refractivity (Wildman–Crippen MR) is 78.6 cm³/mol. The molecule has 0 aromatic carbocycles. The van der Waals surface area contributed by atoms with Gasteiger partial charge in [0.2, 0.25) is 5.89 Å². The Morgan fingerprint density at radius 1 is 1.25 bits per heavy atom. The summed E-state index contributed by atoms with van der Waals surface area (Å²) in [5.74, 6) is 1.57. The van der Waals surface area contributed by atoms with Crippen LogP contribution in [0.2, 0.25) is 0 Å². The third kappa shape index (κ3) is 2.77. The molecule has 0 fully saturated rings. The largest absolute Gasteiger partial charge is 0.444 e. The normalized spacial score (nSPS) is 14.5. The number of aromatic nitrogens is 3. The standard InChI is InChI=1S/C15H24N4O/c1-7-19-13(6)14(11(4)18-19)10(3)17-12(5)15-16-8-9(2)20-15/h8,10,12,17H,7H2,1-6H3. The van der Waals surface area contributed by atoms with Gasteiger partial charge >= 0.3 is 0 Å². The summed E-state index contributed by atoms with van der Waals surface area (Å²) >= 11 is 0. The SMILES string of the molecule is CCn1nc(C)c(C(C)NC(C)c2ncc(C)o2)c1C. The van der Waals surface area contributed by atoms with Gasteiger partial charge in [-0.25, -0.2) is 4.98 Å². The maximum Gasteiger partial charge on any atom is 0.211 e. The third-order valence-corrected chi connectivity index (χ3v) is 3.68. The van der Waals surface area contributed by atoms with E-state index >= 15 is 0 Å². The Kier molecular flexibility index (Phi) is 4.28. The van der Waals surface area contributed by atoms with Crippen molar-refractivity contribution >= 4 is 0 Å². The maximum absolute atomic E-state index is 5.57. The molecule has 2 atom stereocenters. The van der Waals surface area contributed by atoms with E-state index in [4.69, 9.17) is 4.42 Å². The van der Waals surface area contributed by atoms with E-state index in [1.807, 2.05) is 11.6 Å². The second-order valence-corrected chi connectivity index (χ2v) is 5.32. The summed E-state index contributed by atoms with van der Waals surface area (Å²) in [6.07, 6.45) is 1.75. The van der Waals surface area contributed by atoms with Crippen LogP contribution in [0.3, 0.4) is 0 Å². The van der Waals surface area contributed by atoms with Crippen molar-refractivity contribution in [3.05, 3.63) is 34.8 Å². The zero-order chi connectivity index (χ0) is 14.9. The van der Waals surface area contributed by atoms with Crippen molar-refractivity contribution in [1.82, 2.24) is 20.1 Å². The summed E-state index contributed by atoms with van der Waals surface area (Å²) in [6, 6.07) is 0.278. The summed E-state index contributed by atoms with van der Waals surface area (Å²) in [5, 5.41) is 8.11. The van der Waals surface area contributed by atoms with E-state index in [-0.39, 0.29) is 12.1 Å². The van der Waals surface area contributed by atoms with Gasteiger partial charge in [-0.15, -0.1) is 0 Å². The van der Waals surface area contributed by atoms with Crippen molar-refractivity contribution in [1.29, 1.82) is 0 Å². The third-order valence-electron chi connectivity index (χ3n) is 3.68. The molecule has 0 bridgehead atoms. The molecule has 0 radical (unpaired) electrons. The van der Waals surface area contributed by atoms with E-state index in [0.29, 0.717) is 0 Å². The summed E-state index contributed by atoms with van der Waals surface area (Å²) in [7, 11) is 0. The van der Waals surface area contributed by atoms with Gasteiger partial charge in [-0.2, -0.15) is 5.10 Å². The van der Waals surface area contributed by atoms with Crippen LogP contribution in [0.5, 0.6) is 0 Å². The first-order valence-corrected chi connectivity index (χ1v) is 7.16. The first-order chi connectivity index (χ1) is 9.43. The molecule has 0 spiro atoms. The molecule has 1 N–H and O–H groups in total. The van der Waals surface area contributed by atoms with Crippen LogP contribution in [0.4, 0.5) is 0 Å². The van der Waals surface area contributed by atoms with Crippen LogP contribution in [-0.2, 0) is 6.54 Å². The number of nitrogens with one attached hydrogen (secondary N) is 1. The zero-order valence-corrected chi connectivity index (χ0v) is 13.2. The summed E-state index contributed by atoms with van der Waals surface area (Å²) in [5.41, 5.74) is 3.57. The van der Waals surface area contributed by atoms with Crippen molar-refractivity contribution < 1.29 is 4.42 Å². The topological polar surface area (TPSA) is 55.9 Å². The molecular weight excluding hydrogens is 252 g/mol. The van der Waals surface area contributed by atoms with E-state index in [9.17, 15) is 0 Å². The van der Waals surface area contributed by atoms with Gasteiger partial charge in [-0.05, 0) is 41.5 Å². The molecule has 2 aromatic heterocycles. The Morgan fingerprint density at radius 2 is 1.95 bits per heavy atom. The second-order valence-electron chi connectivity index (χ2n) is 5.32. The molecule has 0 saturated heterocycles. The Hall–Kier alpha value is -1.62. The molecule has 110 valence electrons. The van der Waals surface area contributed by atoms with Gasteiger partial charge < -0.3 is 4.42 Å². The number of hydrogen-bond acceptors (Lipinski definition) is 4. The van der Waals surface area contributed by atoms with E-state index in [2.05, 4.69) is 50.0 Å². The van der Waals surface area contributed by atoms with E-state index in [1.54, 1.807) is 6.20 Å². The highest BCUT2D eigenvalue weighted by Gasteiger charge is 2.20.